The van der Waals surface area contributed by atoms with Gasteiger partial charge in [0.1, 0.15) is 17.5 Å². The number of benzene rings is 2. The van der Waals surface area contributed by atoms with E-state index in [-0.39, 0.29) is 30.7 Å². The van der Waals surface area contributed by atoms with Crippen molar-refractivity contribution in [3.63, 3.8) is 0 Å². The molecule has 208 valence electrons. The molecule has 5 rings (SSSR count). The van der Waals surface area contributed by atoms with Crippen molar-refractivity contribution in [3.05, 3.63) is 83.8 Å². The highest BCUT2D eigenvalue weighted by Crippen LogP contribution is 2.38. The number of nitrogens with one attached hydrogen (secondary N) is 1. The molecule has 2 aliphatic heterocycles. The second-order valence-corrected chi connectivity index (χ2v) is 9.58. The summed E-state index contributed by atoms with van der Waals surface area (Å²) >= 11 is 0. The maximum Gasteiger partial charge on any atom is 0.326 e. The predicted octanol–water partition coefficient (Wildman–Crippen LogP) is 2.47. The van der Waals surface area contributed by atoms with Crippen molar-refractivity contribution in [3.8, 4) is 11.5 Å². The third-order valence-corrected chi connectivity index (χ3v) is 7.45. The molecule has 2 aliphatic rings. The number of hydrogen-bond donors (Lipinski definition) is 1. The molecule has 1 unspecified atom stereocenters. The van der Waals surface area contributed by atoms with Crippen molar-refractivity contribution in [1.82, 2.24) is 20.0 Å². The van der Waals surface area contributed by atoms with E-state index in [0.717, 1.165) is 4.90 Å². The van der Waals surface area contributed by atoms with Crippen LogP contribution in [0.25, 0.3) is 0 Å². The number of furan rings is 1. The van der Waals surface area contributed by atoms with Crippen LogP contribution in [0.15, 0.2) is 71.3 Å². The molecule has 3 aromatic rings. The molecule has 3 heterocycles. The number of nitrogens with zero attached hydrogens (tertiary/aromatic N) is 3. The third kappa shape index (κ3) is 4.53. The SMILES string of the molecule is COc1ccc(C2(c3ccc(OC)cc3)NC(=O)N(C(C)C(=O)N3CCN(C(=O)c4ccco4)CC3)C2=O)cc1. The summed E-state index contributed by atoms with van der Waals surface area (Å²) < 4.78 is 15.7. The van der Waals surface area contributed by atoms with E-state index in [1.165, 1.54) is 13.2 Å². The second kappa shape index (κ2) is 10.8. The van der Waals surface area contributed by atoms with Gasteiger partial charge in [-0.05, 0) is 54.4 Å². The lowest BCUT2D eigenvalue weighted by Crippen LogP contribution is -2.56. The summed E-state index contributed by atoms with van der Waals surface area (Å²) in [6.07, 6.45) is 1.44. The van der Waals surface area contributed by atoms with E-state index < -0.39 is 23.5 Å². The van der Waals surface area contributed by atoms with Crippen LogP contribution >= 0.6 is 0 Å². The average molecular weight is 547 g/mol. The fourth-order valence-electron chi connectivity index (χ4n) is 5.20. The standard InChI is InChI=1S/C29H30N4O7/c1-19(25(34)31-14-16-32(17-15-31)26(35)24-5-4-18-40-24)33-27(36)29(30-28(33)37,20-6-10-22(38-2)11-7-20)21-8-12-23(39-3)13-9-21/h4-13,18-19H,14-17H2,1-3H3,(H,30,37). The van der Waals surface area contributed by atoms with Gasteiger partial charge in [0.2, 0.25) is 5.91 Å². The van der Waals surface area contributed by atoms with Gasteiger partial charge in [-0.15, -0.1) is 0 Å². The molecule has 2 aromatic carbocycles. The lowest BCUT2D eigenvalue weighted by molar-refractivity contribution is -0.143. The van der Waals surface area contributed by atoms with Crippen LogP contribution in [0.3, 0.4) is 0 Å². The number of ether oxygens (including phenoxy) is 2. The highest BCUT2D eigenvalue weighted by Gasteiger charge is 2.56. The van der Waals surface area contributed by atoms with Crippen molar-refractivity contribution in [1.29, 1.82) is 0 Å². The Morgan fingerprint density at radius 2 is 1.38 bits per heavy atom. The number of amides is 5. The summed E-state index contributed by atoms with van der Waals surface area (Å²) in [7, 11) is 3.08. The Labute approximate surface area is 231 Å². The Morgan fingerprint density at radius 3 is 1.85 bits per heavy atom. The Hall–Kier alpha value is -4.80. The zero-order chi connectivity index (χ0) is 28.4. The number of carbonyl (C=O) groups is 4. The molecule has 0 aliphatic carbocycles. The first-order chi connectivity index (χ1) is 19.3. The summed E-state index contributed by atoms with van der Waals surface area (Å²) in [6.45, 7) is 2.68. The molecule has 11 heteroatoms. The molecular formula is C29H30N4O7. The fourth-order valence-corrected chi connectivity index (χ4v) is 5.20. The predicted molar refractivity (Wildman–Crippen MR) is 143 cm³/mol. The fraction of sp³-hybridized carbons (Fsp3) is 0.310. The highest BCUT2D eigenvalue weighted by atomic mass is 16.5. The normalized spacial score (nSPS) is 17.4. The molecule has 40 heavy (non-hydrogen) atoms. The maximum atomic E-state index is 14.2. The van der Waals surface area contributed by atoms with Crippen molar-refractivity contribution < 1.29 is 33.1 Å². The first kappa shape index (κ1) is 26.8. The van der Waals surface area contributed by atoms with Crippen LogP contribution in [-0.2, 0) is 15.1 Å². The number of piperazine rings is 1. The van der Waals surface area contributed by atoms with Gasteiger partial charge >= 0.3 is 6.03 Å². The molecule has 5 amide bonds. The second-order valence-electron chi connectivity index (χ2n) is 9.58. The van der Waals surface area contributed by atoms with E-state index in [9.17, 15) is 19.2 Å². The first-order valence-electron chi connectivity index (χ1n) is 12.9. The van der Waals surface area contributed by atoms with Gasteiger partial charge in [0, 0.05) is 26.2 Å². The molecule has 1 atom stereocenters. The van der Waals surface area contributed by atoms with Gasteiger partial charge < -0.3 is 29.0 Å². The van der Waals surface area contributed by atoms with Crippen molar-refractivity contribution in [2.45, 2.75) is 18.5 Å². The van der Waals surface area contributed by atoms with Crippen molar-refractivity contribution in [2.24, 2.45) is 0 Å². The van der Waals surface area contributed by atoms with Gasteiger partial charge in [-0.2, -0.15) is 0 Å². The largest absolute Gasteiger partial charge is 0.497 e. The van der Waals surface area contributed by atoms with Crippen molar-refractivity contribution in [2.75, 3.05) is 40.4 Å². The Kier molecular flexibility index (Phi) is 7.20. The third-order valence-electron chi connectivity index (χ3n) is 7.45. The van der Waals surface area contributed by atoms with Gasteiger partial charge in [0.25, 0.3) is 11.8 Å². The Balaban J connectivity index is 1.39. The first-order valence-corrected chi connectivity index (χ1v) is 12.9. The van der Waals surface area contributed by atoms with Crippen LogP contribution in [0.2, 0.25) is 0 Å². The average Bonchev–Trinajstić information content (AvgIpc) is 3.63. The minimum atomic E-state index is -1.56. The summed E-state index contributed by atoms with van der Waals surface area (Å²) in [5.74, 6) is 0.226. The highest BCUT2D eigenvalue weighted by molar-refractivity contribution is 6.12. The molecular weight excluding hydrogens is 516 g/mol. The minimum absolute atomic E-state index is 0.237. The summed E-state index contributed by atoms with van der Waals surface area (Å²) in [5, 5.41) is 2.87. The number of rotatable bonds is 7. The molecule has 1 aromatic heterocycles. The molecule has 2 fully saturated rings. The number of urea groups is 1. The van der Waals surface area contributed by atoms with Gasteiger partial charge in [-0.3, -0.25) is 14.4 Å². The van der Waals surface area contributed by atoms with Crippen LogP contribution in [0.4, 0.5) is 4.79 Å². The van der Waals surface area contributed by atoms with E-state index in [2.05, 4.69) is 5.32 Å². The smallest absolute Gasteiger partial charge is 0.326 e. The Bertz CT molecular complexity index is 1350. The molecule has 0 spiro atoms. The number of imide groups is 1. The lowest BCUT2D eigenvalue weighted by atomic mass is 9.82. The molecule has 0 bridgehead atoms. The van der Waals surface area contributed by atoms with E-state index in [1.54, 1.807) is 84.7 Å². The zero-order valence-electron chi connectivity index (χ0n) is 22.5. The number of methoxy groups -OCH3 is 2. The summed E-state index contributed by atoms with van der Waals surface area (Å²) in [4.78, 5) is 57.9. The van der Waals surface area contributed by atoms with E-state index in [4.69, 9.17) is 13.9 Å². The topological polar surface area (TPSA) is 122 Å². The van der Waals surface area contributed by atoms with Crippen LogP contribution < -0.4 is 14.8 Å². The van der Waals surface area contributed by atoms with Crippen LogP contribution in [0.1, 0.15) is 28.6 Å². The minimum Gasteiger partial charge on any atom is -0.497 e. The van der Waals surface area contributed by atoms with Gasteiger partial charge in [-0.25, -0.2) is 9.69 Å². The van der Waals surface area contributed by atoms with E-state index in [0.29, 0.717) is 35.7 Å². The van der Waals surface area contributed by atoms with Crippen LogP contribution in [-0.4, -0.2) is 84.9 Å². The van der Waals surface area contributed by atoms with Gasteiger partial charge in [-0.1, -0.05) is 24.3 Å². The maximum absolute atomic E-state index is 14.2. The Morgan fingerprint density at radius 1 is 0.850 bits per heavy atom. The summed E-state index contributed by atoms with van der Waals surface area (Å²) in [5.41, 5.74) is -0.522. The monoisotopic (exact) mass is 546 g/mol. The van der Waals surface area contributed by atoms with E-state index >= 15 is 0 Å². The number of carbonyl (C=O) groups excluding carboxylic acids is 4. The lowest BCUT2D eigenvalue weighted by Gasteiger charge is -2.36. The quantitative estimate of drug-likeness (QED) is 0.452. The van der Waals surface area contributed by atoms with Gasteiger partial charge in [0.15, 0.2) is 11.3 Å². The van der Waals surface area contributed by atoms with Crippen molar-refractivity contribution >= 4 is 23.8 Å². The van der Waals surface area contributed by atoms with Gasteiger partial charge in [0.05, 0.1) is 20.5 Å². The summed E-state index contributed by atoms with van der Waals surface area (Å²) in [6, 6.07) is 15.2. The molecule has 0 saturated carbocycles. The molecule has 11 nitrogen and oxygen atoms in total. The molecule has 2 saturated heterocycles. The van der Waals surface area contributed by atoms with Crippen LogP contribution in [0, 0.1) is 0 Å². The zero-order valence-corrected chi connectivity index (χ0v) is 22.5. The molecule has 0 radical (unpaired) electrons. The van der Waals surface area contributed by atoms with E-state index in [1.807, 2.05) is 0 Å². The number of hydrogen-bond acceptors (Lipinski definition) is 7. The van der Waals surface area contributed by atoms with Crippen LogP contribution in [0.5, 0.6) is 11.5 Å². The molecule has 1 N–H and O–H groups in total.